The van der Waals surface area contributed by atoms with Gasteiger partial charge in [0.05, 0.1) is 4.90 Å². The molecule has 0 atom stereocenters. The van der Waals surface area contributed by atoms with Gasteiger partial charge in [0.15, 0.2) is 11.6 Å². The van der Waals surface area contributed by atoms with Crippen molar-refractivity contribution >= 4 is 32.4 Å². The van der Waals surface area contributed by atoms with Gasteiger partial charge in [-0.1, -0.05) is 30.3 Å². The number of fused-ring (bicyclic) bond motifs is 1. The van der Waals surface area contributed by atoms with Crippen LogP contribution in [-0.4, -0.2) is 38.8 Å². The molecule has 1 aliphatic rings. The second-order valence-corrected chi connectivity index (χ2v) is 9.62. The Bertz CT molecular complexity index is 1240. The number of anilines is 1. The molecule has 1 heterocycles. The highest BCUT2D eigenvalue weighted by Gasteiger charge is 2.33. The van der Waals surface area contributed by atoms with Gasteiger partial charge in [0.25, 0.3) is 0 Å². The summed E-state index contributed by atoms with van der Waals surface area (Å²) >= 11 is 0. The van der Waals surface area contributed by atoms with E-state index in [4.69, 9.17) is 0 Å². The monoisotopic (exact) mass is 444 g/mol. The van der Waals surface area contributed by atoms with Crippen LogP contribution in [0.2, 0.25) is 0 Å². The Morgan fingerprint density at radius 1 is 0.935 bits per heavy atom. The molecule has 0 aromatic heterocycles. The molecule has 0 bridgehead atoms. The van der Waals surface area contributed by atoms with E-state index in [1.807, 2.05) is 42.5 Å². The molecule has 0 saturated carbocycles. The van der Waals surface area contributed by atoms with Gasteiger partial charge >= 0.3 is 0 Å². The van der Waals surface area contributed by atoms with Gasteiger partial charge in [0, 0.05) is 31.7 Å². The smallest absolute Gasteiger partial charge is 0.243 e. The first kappa shape index (κ1) is 21.4. The zero-order valence-corrected chi connectivity index (χ0v) is 17.8. The summed E-state index contributed by atoms with van der Waals surface area (Å²) in [5.74, 6) is -2.68. The third-order valence-corrected chi connectivity index (χ3v) is 7.68. The first-order chi connectivity index (χ1) is 14.8. The molecule has 8 heteroatoms. The van der Waals surface area contributed by atoms with Crippen molar-refractivity contribution in [3.63, 3.8) is 0 Å². The Balaban J connectivity index is 1.44. The highest BCUT2D eigenvalue weighted by Crippen LogP contribution is 2.28. The predicted molar refractivity (Wildman–Crippen MR) is 115 cm³/mol. The summed E-state index contributed by atoms with van der Waals surface area (Å²) in [6.07, 6.45) is 0.722. The standard InChI is InChI=1S/C23H22F2N2O3S/c1-26(19-7-6-16-4-2-3-5-18(16)14-19)23(28)17-10-12-27(13-11-17)31(29,30)20-8-9-21(24)22(25)15-20/h2-9,14-15,17H,10-13H2,1H3. The molecule has 0 spiro atoms. The normalized spacial score (nSPS) is 15.8. The summed E-state index contributed by atoms with van der Waals surface area (Å²) in [7, 11) is -2.23. The Morgan fingerprint density at radius 2 is 1.61 bits per heavy atom. The van der Waals surface area contributed by atoms with Gasteiger partial charge in [-0.2, -0.15) is 4.31 Å². The minimum Gasteiger partial charge on any atom is -0.315 e. The highest BCUT2D eigenvalue weighted by atomic mass is 32.2. The van der Waals surface area contributed by atoms with E-state index in [1.165, 1.54) is 4.31 Å². The van der Waals surface area contributed by atoms with E-state index in [1.54, 1.807) is 11.9 Å². The molecular formula is C23H22F2N2O3S. The molecule has 4 rings (SSSR count). The molecule has 0 unspecified atom stereocenters. The summed E-state index contributed by atoms with van der Waals surface area (Å²) in [6, 6.07) is 16.2. The minimum atomic E-state index is -3.95. The Labute approximate surface area is 179 Å². The molecule has 0 N–H and O–H groups in total. The van der Waals surface area contributed by atoms with Crippen LogP contribution in [0.15, 0.2) is 65.6 Å². The molecule has 1 aliphatic heterocycles. The molecule has 0 aliphatic carbocycles. The van der Waals surface area contributed by atoms with Gasteiger partial charge in [-0.05, 0) is 53.9 Å². The summed E-state index contributed by atoms with van der Waals surface area (Å²) in [5, 5.41) is 2.12. The largest absolute Gasteiger partial charge is 0.315 e. The molecule has 5 nitrogen and oxygen atoms in total. The van der Waals surface area contributed by atoms with Gasteiger partial charge in [-0.3, -0.25) is 4.79 Å². The van der Waals surface area contributed by atoms with Gasteiger partial charge in [-0.15, -0.1) is 0 Å². The second-order valence-electron chi connectivity index (χ2n) is 7.68. The zero-order chi connectivity index (χ0) is 22.2. The molecule has 31 heavy (non-hydrogen) atoms. The number of carbonyl (C=O) groups is 1. The fourth-order valence-corrected chi connectivity index (χ4v) is 5.40. The van der Waals surface area contributed by atoms with Gasteiger partial charge in [-0.25, -0.2) is 17.2 Å². The molecule has 3 aromatic rings. The lowest BCUT2D eigenvalue weighted by Gasteiger charge is -2.32. The van der Waals surface area contributed by atoms with Crippen LogP contribution in [0.25, 0.3) is 10.8 Å². The number of carbonyl (C=O) groups excluding carboxylic acids is 1. The van der Waals surface area contributed by atoms with E-state index in [0.717, 1.165) is 28.6 Å². The maximum atomic E-state index is 13.5. The third kappa shape index (κ3) is 4.18. The van der Waals surface area contributed by atoms with Crippen LogP contribution >= 0.6 is 0 Å². The quantitative estimate of drug-likeness (QED) is 0.607. The fraction of sp³-hybridized carbons (Fsp3) is 0.261. The van der Waals surface area contributed by atoms with E-state index in [9.17, 15) is 22.0 Å². The molecule has 1 amide bonds. The molecule has 0 radical (unpaired) electrons. The van der Waals surface area contributed by atoms with E-state index in [2.05, 4.69) is 0 Å². The Hall–Kier alpha value is -2.84. The van der Waals surface area contributed by atoms with Crippen LogP contribution in [0.1, 0.15) is 12.8 Å². The first-order valence-corrected chi connectivity index (χ1v) is 11.4. The lowest BCUT2D eigenvalue weighted by molar-refractivity contribution is -0.123. The summed E-state index contributed by atoms with van der Waals surface area (Å²) < 4.78 is 53.3. The Morgan fingerprint density at radius 3 is 2.29 bits per heavy atom. The minimum absolute atomic E-state index is 0.0693. The second kappa shape index (κ2) is 8.36. The van der Waals surface area contributed by atoms with Crippen molar-refractivity contribution in [1.29, 1.82) is 0 Å². The number of hydrogen-bond donors (Lipinski definition) is 0. The number of halogens is 2. The van der Waals surface area contributed by atoms with Crippen molar-refractivity contribution in [3.05, 3.63) is 72.3 Å². The molecule has 3 aromatic carbocycles. The molecule has 162 valence electrons. The van der Waals surface area contributed by atoms with Gasteiger partial charge in [0.2, 0.25) is 15.9 Å². The van der Waals surface area contributed by atoms with E-state index < -0.39 is 21.7 Å². The molecular weight excluding hydrogens is 422 g/mol. The maximum absolute atomic E-state index is 13.5. The van der Waals surface area contributed by atoms with Crippen molar-refractivity contribution in [2.24, 2.45) is 5.92 Å². The maximum Gasteiger partial charge on any atom is 0.243 e. The molecule has 1 saturated heterocycles. The van der Waals surface area contributed by atoms with Crippen molar-refractivity contribution in [1.82, 2.24) is 4.31 Å². The third-order valence-electron chi connectivity index (χ3n) is 5.78. The summed E-state index contributed by atoms with van der Waals surface area (Å²) in [5.41, 5.74) is 0.778. The van der Waals surface area contributed by atoms with Crippen molar-refractivity contribution in [2.45, 2.75) is 17.7 Å². The predicted octanol–water partition coefficient (Wildman–Crippen LogP) is 4.18. The van der Waals surface area contributed by atoms with E-state index >= 15 is 0 Å². The van der Waals surface area contributed by atoms with Crippen molar-refractivity contribution < 1.29 is 22.0 Å². The van der Waals surface area contributed by atoms with Crippen LogP contribution in [0.4, 0.5) is 14.5 Å². The Kier molecular flexibility index (Phi) is 5.77. The number of hydrogen-bond acceptors (Lipinski definition) is 3. The average molecular weight is 445 g/mol. The van der Waals surface area contributed by atoms with Crippen LogP contribution < -0.4 is 4.90 Å². The van der Waals surface area contributed by atoms with Crippen molar-refractivity contribution in [3.8, 4) is 0 Å². The number of sulfonamides is 1. The highest BCUT2D eigenvalue weighted by molar-refractivity contribution is 7.89. The number of nitrogens with zero attached hydrogens (tertiary/aromatic N) is 2. The van der Waals surface area contributed by atoms with Crippen LogP contribution in [0.5, 0.6) is 0 Å². The summed E-state index contributed by atoms with van der Waals surface area (Å²) in [6.45, 7) is 0.284. The zero-order valence-electron chi connectivity index (χ0n) is 17.0. The average Bonchev–Trinajstić information content (AvgIpc) is 2.79. The van der Waals surface area contributed by atoms with Crippen molar-refractivity contribution in [2.75, 3.05) is 25.0 Å². The lowest BCUT2D eigenvalue weighted by Crippen LogP contribution is -2.43. The number of rotatable bonds is 4. The number of benzene rings is 3. The SMILES string of the molecule is CN(C(=O)C1CCN(S(=O)(=O)c2ccc(F)c(F)c2)CC1)c1ccc2ccccc2c1. The topological polar surface area (TPSA) is 57.7 Å². The lowest BCUT2D eigenvalue weighted by atomic mass is 9.96. The van der Waals surface area contributed by atoms with Crippen LogP contribution in [0, 0.1) is 17.6 Å². The van der Waals surface area contributed by atoms with E-state index in [0.29, 0.717) is 18.9 Å². The fourth-order valence-electron chi connectivity index (χ4n) is 3.92. The molecule has 1 fully saturated rings. The van der Waals surface area contributed by atoms with Crippen LogP contribution in [-0.2, 0) is 14.8 Å². The summed E-state index contributed by atoms with van der Waals surface area (Å²) in [4.78, 5) is 14.3. The van der Waals surface area contributed by atoms with Gasteiger partial charge in [0.1, 0.15) is 0 Å². The van der Waals surface area contributed by atoms with E-state index in [-0.39, 0.29) is 29.8 Å². The first-order valence-electron chi connectivity index (χ1n) is 9.99. The van der Waals surface area contributed by atoms with Crippen LogP contribution in [0.3, 0.4) is 0 Å². The number of amides is 1. The number of piperidine rings is 1. The van der Waals surface area contributed by atoms with Gasteiger partial charge < -0.3 is 4.90 Å².